The Balaban J connectivity index is 1.93. The molecular weight excluding hydrogens is 338 g/mol. The molecule has 2 aromatic carbocycles. The topological polar surface area (TPSA) is 112 Å². The van der Waals surface area contributed by atoms with Crippen molar-refractivity contribution < 1.29 is 14.4 Å². The lowest BCUT2D eigenvalue weighted by Gasteiger charge is -2.10. The van der Waals surface area contributed by atoms with Crippen LogP contribution < -0.4 is 14.9 Å². The summed E-state index contributed by atoms with van der Waals surface area (Å²) in [6.07, 6.45) is 2.75. The minimum Gasteiger partial charge on any atom is -0.493 e. The molecule has 9 nitrogen and oxygen atoms in total. The summed E-state index contributed by atoms with van der Waals surface area (Å²) in [6, 6.07) is 9.78. The molecule has 0 fully saturated rings. The molecule has 0 spiro atoms. The standard InChI is InChI=1S/C17H15N5O4/c1-25-15-7-12-13(8-16(15)26-2)18-10-19-17(12)21-20-9-11-5-3-4-6-14(11)22(23)24/h3-10H,1-2H3,(H,18,19,21)/b20-9+. The van der Waals surface area contributed by atoms with Crippen LogP contribution in [0.15, 0.2) is 47.8 Å². The van der Waals surface area contributed by atoms with Gasteiger partial charge in [-0.15, -0.1) is 0 Å². The third-order valence-corrected chi connectivity index (χ3v) is 3.65. The molecule has 0 radical (unpaired) electrons. The summed E-state index contributed by atoms with van der Waals surface area (Å²) >= 11 is 0. The van der Waals surface area contributed by atoms with Crippen LogP contribution in [0.1, 0.15) is 5.56 Å². The number of nitro groups is 1. The molecule has 0 saturated heterocycles. The molecule has 0 amide bonds. The van der Waals surface area contributed by atoms with Gasteiger partial charge >= 0.3 is 0 Å². The van der Waals surface area contributed by atoms with E-state index in [1.165, 1.54) is 25.7 Å². The number of rotatable bonds is 6. The van der Waals surface area contributed by atoms with Gasteiger partial charge in [0.1, 0.15) is 6.33 Å². The number of hydrazone groups is 1. The van der Waals surface area contributed by atoms with Gasteiger partial charge in [-0.2, -0.15) is 5.10 Å². The molecule has 3 rings (SSSR count). The second-order valence-corrected chi connectivity index (χ2v) is 5.13. The number of ether oxygens (including phenoxy) is 2. The van der Waals surface area contributed by atoms with Crippen LogP contribution in [0.5, 0.6) is 11.5 Å². The predicted octanol–water partition coefficient (Wildman–Crippen LogP) is 3.00. The van der Waals surface area contributed by atoms with Gasteiger partial charge in [0.2, 0.25) is 0 Å². The van der Waals surface area contributed by atoms with E-state index in [0.717, 1.165) is 0 Å². The van der Waals surface area contributed by atoms with Crippen molar-refractivity contribution in [2.24, 2.45) is 5.10 Å². The van der Waals surface area contributed by atoms with Gasteiger partial charge in [0.25, 0.3) is 5.69 Å². The number of nitrogens with one attached hydrogen (secondary N) is 1. The van der Waals surface area contributed by atoms with Crippen LogP contribution in [0.3, 0.4) is 0 Å². The van der Waals surface area contributed by atoms with E-state index in [4.69, 9.17) is 9.47 Å². The van der Waals surface area contributed by atoms with Crippen LogP contribution in [0.25, 0.3) is 10.9 Å². The molecule has 0 atom stereocenters. The lowest BCUT2D eigenvalue weighted by molar-refractivity contribution is -0.385. The molecule has 132 valence electrons. The Morgan fingerprint density at radius 1 is 1.15 bits per heavy atom. The zero-order valence-electron chi connectivity index (χ0n) is 14.0. The Bertz CT molecular complexity index is 990. The van der Waals surface area contributed by atoms with Crippen molar-refractivity contribution in [2.45, 2.75) is 0 Å². The molecule has 0 aliphatic rings. The monoisotopic (exact) mass is 353 g/mol. The van der Waals surface area contributed by atoms with Crippen LogP contribution in [-0.2, 0) is 0 Å². The maximum Gasteiger partial charge on any atom is 0.278 e. The molecule has 26 heavy (non-hydrogen) atoms. The molecule has 0 aliphatic heterocycles. The summed E-state index contributed by atoms with van der Waals surface area (Å²) in [5, 5.41) is 15.8. The second-order valence-electron chi connectivity index (χ2n) is 5.13. The van der Waals surface area contributed by atoms with E-state index in [1.54, 1.807) is 37.4 Å². The number of benzene rings is 2. The normalized spacial score (nSPS) is 10.8. The Morgan fingerprint density at radius 3 is 2.62 bits per heavy atom. The predicted molar refractivity (Wildman–Crippen MR) is 97.0 cm³/mol. The maximum atomic E-state index is 11.0. The quantitative estimate of drug-likeness (QED) is 0.412. The third kappa shape index (κ3) is 3.36. The van der Waals surface area contributed by atoms with Gasteiger partial charge in [-0.25, -0.2) is 9.97 Å². The molecule has 1 heterocycles. The number of para-hydroxylation sites is 1. The summed E-state index contributed by atoms with van der Waals surface area (Å²) in [5.41, 5.74) is 3.78. The largest absolute Gasteiger partial charge is 0.493 e. The number of hydrogen-bond donors (Lipinski definition) is 1. The molecule has 1 aromatic heterocycles. The first-order valence-corrected chi connectivity index (χ1v) is 7.53. The van der Waals surface area contributed by atoms with E-state index < -0.39 is 4.92 Å². The number of nitrogens with zero attached hydrogens (tertiary/aromatic N) is 4. The Kier molecular flexibility index (Phi) is 4.88. The van der Waals surface area contributed by atoms with E-state index in [2.05, 4.69) is 20.5 Å². The van der Waals surface area contributed by atoms with Gasteiger partial charge in [-0.05, 0) is 12.1 Å². The van der Waals surface area contributed by atoms with Crippen LogP contribution in [0.2, 0.25) is 0 Å². The second kappa shape index (κ2) is 7.43. The Hall–Kier alpha value is -3.75. The number of aromatic nitrogens is 2. The highest BCUT2D eigenvalue weighted by atomic mass is 16.6. The van der Waals surface area contributed by atoms with Crippen molar-refractivity contribution in [2.75, 3.05) is 19.6 Å². The first kappa shape index (κ1) is 17.1. The van der Waals surface area contributed by atoms with E-state index in [0.29, 0.717) is 33.8 Å². The summed E-state index contributed by atoms with van der Waals surface area (Å²) in [7, 11) is 3.08. The maximum absolute atomic E-state index is 11.0. The summed E-state index contributed by atoms with van der Waals surface area (Å²) in [6.45, 7) is 0. The zero-order valence-corrected chi connectivity index (χ0v) is 14.0. The number of hydrogen-bond acceptors (Lipinski definition) is 8. The highest BCUT2D eigenvalue weighted by Gasteiger charge is 2.12. The van der Waals surface area contributed by atoms with E-state index in [1.807, 2.05) is 0 Å². The minimum atomic E-state index is -0.460. The zero-order chi connectivity index (χ0) is 18.5. The highest BCUT2D eigenvalue weighted by Crippen LogP contribution is 2.33. The van der Waals surface area contributed by atoms with Crippen molar-refractivity contribution in [1.82, 2.24) is 9.97 Å². The van der Waals surface area contributed by atoms with Crippen molar-refractivity contribution in [1.29, 1.82) is 0 Å². The van der Waals surface area contributed by atoms with Gasteiger partial charge in [0.05, 0.1) is 36.4 Å². The van der Waals surface area contributed by atoms with E-state index in [9.17, 15) is 10.1 Å². The molecule has 0 saturated carbocycles. The molecular formula is C17H15N5O4. The molecule has 1 N–H and O–H groups in total. The van der Waals surface area contributed by atoms with Gasteiger partial charge in [-0.3, -0.25) is 15.5 Å². The minimum absolute atomic E-state index is 0.0306. The fourth-order valence-corrected chi connectivity index (χ4v) is 2.40. The van der Waals surface area contributed by atoms with Crippen LogP contribution in [0.4, 0.5) is 11.5 Å². The first-order chi connectivity index (χ1) is 12.6. The molecule has 0 aliphatic carbocycles. The Morgan fingerprint density at radius 2 is 1.88 bits per heavy atom. The smallest absolute Gasteiger partial charge is 0.278 e. The summed E-state index contributed by atoms with van der Waals surface area (Å²) < 4.78 is 10.6. The SMILES string of the molecule is COc1cc2ncnc(N/N=C/c3ccccc3[N+](=O)[O-])c2cc1OC. The van der Waals surface area contributed by atoms with Crippen LogP contribution >= 0.6 is 0 Å². The van der Waals surface area contributed by atoms with E-state index in [-0.39, 0.29) is 5.69 Å². The van der Waals surface area contributed by atoms with Gasteiger partial charge in [-0.1, -0.05) is 12.1 Å². The average molecular weight is 353 g/mol. The van der Waals surface area contributed by atoms with Crippen molar-refractivity contribution in [3.8, 4) is 11.5 Å². The molecule has 3 aromatic rings. The highest BCUT2D eigenvalue weighted by molar-refractivity contribution is 5.92. The third-order valence-electron chi connectivity index (χ3n) is 3.65. The van der Waals surface area contributed by atoms with Crippen molar-refractivity contribution in [3.63, 3.8) is 0 Å². The van der Waals surface area contributed by atoms with Gasteiger partial charge in [0.15, 0.2) is 17.3 Å². The van der Waals surface area contributed by atoms with Crippen molar-refractivity contribution in [3.05, 3.63) is 58.4 Å². The van der Waals surface area contributed by atoms with Crippen molar-refractivity contribution >= 4 is 28.6 Å². The first-order valence-electron chi connectivity index (χ1n) is 7.53. The van der Waals surface area contributed by atoms with E-state index >= 15 is 0 Å². The van der Waals surface area contributed by atoms with Crippen LogP contribution in [-0.4, -0.2) is 35.3 Å². The van der Waals surface area contributed by atoms with Gasteiger partial charge in [0, 0.05) is 17.5 Å². The molecule has 9 heteroatoms. The lowest BCUT2D eigenvalue weighted by Crippen LogP contribution is -1.99. The Labute approximate surface area is 148 Å². The fourth-order valence-electron chi connectivity index (χ4n) is 2.40. The lowest BCUT2D eigenvalue weighted by atomic mass is 10.2. The van der Waals surface area contributed by atoms with Crippen LogP contribution in [0, 0.1) is 10.1 Å². The molecule has 0 unspecified atom stereocenters. The number of nitro benzene ring substituents is 1. The molecule has 0 bridgehead atoms. The van der Waals surface area contributed by atoms with Gasteiger partial charge < -0.3 is 9.47 Å². The number of methoxy groups -OCH3 is 2. The summed E-state index contributed by atoms with van der Waals surface area (Å²) in [5.74, 6) is 1.51. The number of anilines is 1. The number of fused-ring (bicyclic) bond motifs is 1. The summed E-state index contributed by atoms with van der Waals surface area (Å²) in [4.78, 5) is 18.9. The average Bonchev–Trinajstić information content (AvgIpc) is 2.67. The fraction of sp³-hybridized carbons (Fsp3) is 0.118.